The maximum absolute atomic E-state index is 13.5. The minimum Gasteiger partial charge on any atom is -0.508 e. The second kappa shape index (κ2) is 13.8. The zero-order valence-electron chi connectivity index (χ0n) is 24.1. The molecule has 3 amide bonds. The maximum Gasteiger partial charge on any atom is 0.408 e. The Morgan fingerprint density at radius 3 is 1.95 bits per heavy atom. The van der Waals surface area contributed by atoms with E-state index in [9.17, 15) is 24.6 Å². The van der Waals surface area contributed by atoms with Gasteiger partial charge in [-0.25, -0.2) is 4.79 Å². The van der Waals surface area contributed by atoms with E-state index in [1.54, 1.807) is 26.0 Å². The molecule has 0 fully saturated rings. The van der Waals surface area contributed by atoms with E-state index in [1.807, 2.05) is 74.5 Å². The van der Waals surface area contributed by atoms with Crippen LogP contribution in [0, 0.1) is 13.8 Å². The van der Waals surface area contributed by atoms with Gasteiger partial charge in [-0.1, -0.05) is 60.7 Å². The summed E-state index contributed by atoms with van der Waals surface area (Å²) in [5, 5.41) is 25.6. The molecule has 0 bridgehead atoms. The number of carbonyl (C=O) groups excluding carboxylic acids is 2. The number of nitrogens with one attached hydrogen (secondary N) is 2. The number of carbonyl (C=O) groups is 3. The molecule has 6 N–H and O–H groups in total. The van der Waals surface area contributed by atoms with Crippen LogP contribution in [0.3, 0.4) is 0 Å². The molecule has 0 saturated heterocycles. The zero-order valence-corrected chi connectivity index (χ0v) is 24.1. The SMILES string of the molecule is Cc1cc(O)cc(C)c1C[C@H](N)C(=O)NC(C)(C)CNC(=O)[C@H](Cc1ccccc1)N(Cc1ccccc1)C(=O)O. The molecule has 0 heterocycles. The van der Waals surface area contributed by atoms with Gasteiger partial charge in [0.1, 0.15) is 11.8 Å². The Labute approximate surface area is 241 Å². The third kappa shape index (κ3) is 9.08. The monoisotopic (exact) mass is 560 g/mol. The highest BCUT2D eigenvalue weighted by atomic mass is 16.4. The number of nitrogens with two attached hydrogens (primary N) is 1. The fraction of sp³-hybridized carbons (Fsp3) is 0.344. The van der Waals surface area contributed by atoms with Crippen molar-refractivity contribution in [1.82, 2.24) is 15.5 Å². The average molecular weight is 561 g/mol. The van der Waals surface area contributed by atoms with E-state index in [-0.39, 0.29) is 31.2 Å². The molecule has 0 aliphatic carbocycles. The number of carboxylic acid groups (broad SMARTS) is 1. The van der Waals surface area contributed by atoms with E-state index in [0.717, 1.165) is 32.7 Å². The molecule has 0 aromatic heterocycles. The van der Waals surface area contributed by atoms with Crippen molar-refractivity contribution in [2.24, 2.45) is 5.73 Å². The van der Waals surface area contributed by atoms with Crippen molar-refractivity contribution < 1.29 is 24.6 Å². The van der Waals surface area contributed by atoms with Crippen LogP contribution in [-0.4, -0.2) is 57.2 Å². The van der Waals surface area contributed by atoms with Crippen LogP contribution < -0.4 is 16.4 Å². The van der Waals surface area contributed by atoms with E-state index >= 15 is 0 Å². The molecule has 0 unspecified atom stereocenters. The van der Waals surface area contributed by atoms with E-state index in [4.69, 9.17) is 5.73 Å². The number of hydrogen-bond acceptors (Lipinski definition) is 5. The van der Waals surface area contributed by atoms with Crippen molar-refractivity contribution in [2.75, 3.05) is 6.54 Å². The molecule has 0 radical (unpaired) electrons. The van der Waals surface area contributed by atoms with Crippen molar-refractivity contribution >= 4 is 17.9 Å². The van der Waals surface area contributed by atoms with Gasteiger partial charge in [-0.3, -0.25) is 14.5 Å². The summed E-state index contributed by atoms with van der Waals surface area (Å²) in [4.78, 5) is 40.0. The number of phenolic OH excluding ortho intramolecular Hbond substituents is 1. The molecule has 3 aromatic rings. The molecule has 2 atom stereocenters. The first-order chi connectivity index (χ1) is 19.4. The van der Waals surface area contributed by atoms with Crippen LogP contribution in [0.15, 0.2) is 72.8 Å². The Balaban J connectivity index is 1.70. The second-order valence-electron chi connectivity index (χ2n) is 11.1. The van der Waals surface area contributed by atoms with Gasteiger partial charge in [0.15, 0.2) is 0 Å². The molecule has 0 saturated carbocycles. The van der Waals surface area contributed by atoms with Crippen molar-refractivity contribution in [3.63, 3.8) is 0 Å². The molecular formula is C32H40N4O5. The van der Waals surface area contributed by atoms with Crippen LogP contribution in [0.25, 0.3) is 0 Å². The number of benzene rings is 3. The van der Waals surface area contributed by atoms with Gasteiger partial charge in [0, 0.05) is 19.5 Å². The van der Waals surface area contributed by atoms with Gasteiger partial charge < -0.3 is 26.6 Å². The molecular weight excluding hydrogens is 520 g/mol. The van der Waals surface area contributed by atoms with Crippen LogP contribution in [0.5, 0.6) is 5.75 Å². The number of aryl methyl sites for hydroxylation is 2. The van der Waals surface area contributed by atoms with Crippen LogP contribution in [0.1, 0.15) is 41.7 Å². The summed E-state index contributed by atoms with van der Waals surface area (Å²) < 4.78 is 0. The topological polar surface area (TPSA) is 145 Å². The van der Waals surface area contributed by atoms with Gasteiger partial charge in [-0.2, -0.15) is 0 Å². The lowest BCUT2D eigenvalue weighted by Gasteiger charge is -2.32. The van der Waals surface area contributed by atoms with E-state index in [0.29, 0.717) is 6.42 Å². The molecule has 0 aliphatic heterocycles. The quantitative estimate of drug-likeness (QED) is 0.229. The number of aromatic hydroxyl groups is 1. The lowest BCUT2D eigenvalue weighted by Crippen LogP contribution is -2.58. The summed E-state index contributed by atoms with van der Waals surface area (Å²) in [7, 11) is 0. The third-order valence-corrected chi connectivity index (χ3v) is 7.00. The standard InChI is InChI=1S/C32H40N4O5/c1-21-15-25(37)16-22(2)26(21)18-27(33)29(38)35-32(3,4)20-34-30(39)28(17-23-11-7-5-8-12-23)36(31(40)41)19-24-13-9-6-10-14-24/h5-16,27-28,37H,17-20,33H2,1-4H3,(H,34,39)(H,35,38)(H,40,41)/t27-,28-/m0/s1. The first-order valence-electron chi connectivity index (χ1n) is 13.6. The highest BCUT2D eigenvalue weighted by molar-refractivity contribution is 5.86. The second-order valence-corrected chi connectivity index (χ2v) is 11.1. The average Bonchev–Trinajstić information content (AvgIpc) is 2.92. The normalized spacial score (nSPS) is 12.7. The van der Waals surface area contributed by atoms with Crippen molar-refractivity contribution in [3.05, 3.63) is 101 Å². The largest absolute Gasteiger partial charge is 0.508 e. The number of rotatable bonds is 12. The maximum atomic E-state index is 13.5. The number of amides is 3. The van der Waals surface area contributed by atoms with Crippen molar-refractivity contribution in [2.45, 2.75) is 64.7 Å². The van der Waals surface area contributed by atoms with E-state index < -0.39 is 29.6 Å². The van der Waals surface area contributed by atoms with Crippen LogP contribution in [0.2, 0.25) is 0 Å². The minimum atomic E-state index is -1.21. The highest BCUT2D eigenvalue weighted by Crippen LogP contribution is 2.22. The first kappa shape index (κ1) is 31.2. The predicted octanol–water partition coefficient (Wildman–Crippen LogP) is 3.68. The lowest BCUT2D eigenvalue weighted by atomic mass is 9.95. The summed E-state index contributed by atoms with van der Waals surface area (Å²) in [5.74, 6) is -0.684. The Hall–Kier alpha value is -4.37. The zero-order chi connectivity index (χ0) is 30.2. The van der Waals surface area contributed by atoms with Crippen molar-refractivity contribution in [3.8, 4) is 5.75 Å². The summed E-state index contributed by atoms with van der Waals surface area (Å²) in [6, 6.07) is 19.8. The van der Waals surface area contributed by atoms with Crippen LogP contribution >= 0.6 is 0 Å². The Morgan fingerprint density at radius 2 is 1.41 bits per heavy atom. The van der Waals surface area contributed by atoms with Gasteiger partial charge in [-0.05, 0) is 74.1 Å². The Morgan fingerprint density at radius 1 is 0.878 bits per heavy atom. The van der Waals surface area contributed by atoms with Gasteiger partial charge >= 0.3 is 6.09 Å². The third-order valence-electron chi connectivity index (χ3n) is 7.00. The van der Waals surface area contributed by atoms with E-state index in [1.165, 1.54) is 0 Å². The summed E-state index contributed by atoms with van der Waals surface area (Å²) >= 11 is 0. The van der Waals surface area contributed by atoms with E-state index in [2.05, 4.69) is 10.6 Å². The smallest absolute Gasteiger partial charge is 0.408 e. The van der Waals surface area contributed by atoms with Gasteiger partial charge in [0.25, 0.3) is 0 Å². The van der Waals surface area contributed by atoms with Gasteiger partial charge in [-0.15, -0.1) is 0 Å². The van der Waals surface area contributed by atoms with Crippen molar-refractivity contribution in [1.29, 1.82) is 0 Å². The molecule has 218 valence electrons. The number of hydrogen-bond donors (Lipinski definition) is 5. The summed E-state index contributed by atoms with van der Waals surface area (Å²) in [5.41, 5.74) is 9.55. The summed E-state index contributed by atoms with van der Waals surface area (Å²) in [6.45, 7) is 7.35. The van der Waals surface area contributed by atoms with Crippen LogP contribution in [-0.2, 0) is 29.0 Å². The molecule has 9 heteroatoms. The molecule has 41 heavy (non-hydrogen) atoms. The fourth-order valence-electron chi connectivity index (χ4n) is 4.77. The van der Waals surface area contributed by atoms with Gasteiger partial charge in [0.2, 0.25) is 11.8 Å². The summed E-state index contributed by atoms with van der Waals surface area (Å²) in [6.07, 6.45) is -0.726. The first-order valence-corrected chi connectivity index (χ1v) is 13.6. The Kier molecular flexibility index (Phi) is 10.5. The number of phenols is 1. The molecule has 3 aromatic carbocycles. The van der Waals surface area contributed by atoms with Crippen LogP contribution in [0.4, 0.5) is 4.79 Å². The fourth-order valence-corrected chi connectivity index (χ4v) is 4.77. The van der Waals surface area contributed by atoms with Gasteiger partial charge in [0.05, 0.1) is 11.6 Å². The highest BCUT2D eigenvalue weighted by Gasteiger charge is 2.32. The predicted molar refractivity (Wildman–Crippen MR) is 158 cm³/mol. The Bertz CT molecular complexity index is 1320. The molecule has 0 spiro atoms. The minimum absolute atomic E-state index is 0.0478. The molecule has 3 rings (SSSR count). The molecule has 9 nitrogen and oxygen atoms in total. The molecule has 0 aliphatic rings. The lowest BCUT2D eigenvalue weighted by molar-refractivity contribution is -0.127. The number of nitrogens with zero attached hydrogens (tertiary/aromatic N) is 1.